The molecule has 0 spiro atoms. The smallest absolute Gasteiger partial charge is 0.228 e. The molecule has 1 amide bonds. The van der Waals surface area contributed by atoms with Crippen molar-refractivity contribution in [3.63, 3.8) is 0 Å². The number of anilines is 1. The highest BCUT2D eigenvalue weighted by Crippen LogP contribution is 2.33. The van der Waals surface area contributed by atoms with Crippen LogP contribution in [0, 0.1) is 13.8 Å². The van der Waals surface area contributed by atoms with Crippen molar-refractivity contribution in [3.8, 4) is 0 Å². The zero-order chi connectivity index (χ0) is 23.9. The number of hydrogen-bond donors (Lipinski definition) is 0. The van der Waals surface area contributed by atoms with E-state index >= 15 is 0 Å². The Kier molecular flexibility index (Phi) is 9.25. The number of benzene rings is 2. The molecule has 1 fully saturated rings. The number of morpholine rings is 1. The van der Waals surface area contributed by atoms with Crippen LogP contribution < -0.4 is 4.90 Å². The van der Waals surface area contributed by atoms with E-state index in [1.54, 1.807) is 23.1 Å². The number of thiazole rings is 1. The fraction of sp³-hybridized carbons (Fsp3) is 0.462. The van der Waals surface area contributed by atoms with Gasteiger partial charge in [0.25, 0.3) is 0 Å². The zero-order valence-electron chi connectivity index (χ0n) is 19.9. The van der Waals surface area contributed by atoms with Crippen LogP contribution in [-0.2, 0) is 9.53 Å². The van der Waals surface area contributed by atoms with Gasteiger partial charge in [-0.2, -0.15) is 0 Å². The standard InChI is InChI=1S/C26H32ClN3O2S2/c1-19-17-20(2)25-23(18-19)28-26(34-25)30(11-4-10-29-12-14-32-15-13-29)24(31)5-3-16-33-22-8-6-21(27)7-9-22/h6-9,17-18H,3-5,10-16H2,1-2H3. The van der Waals surface area contributed by atoms with Crippen molar-refractivity contribution in [2.75, 3.05) is 50.0 Å². The molecular weight excluding hydrogens is 486 g/mol. The summed E-state index contributed by atoms with van der Waals surface area (Å²) in [5, 5.41) is 1.56. The molecule has 3 aromatic rings. The van der Waals surface area contributed by atoms with Crippen molar-refractivity contribution in [1.82, 2.24) is 9.88 Å². The molecule has 4 rings (SSSR count). The van der Waals surface area contributed by atoms with Gasteiger partial charge in [-0.3, -0.25) is 14.6 Å². The van der Waals surface area contributed by atoms with Gasteiger partial charge in [0.15, 0.2) is 5.13 Å². The number of aromatic nitrogens is 1. The molecule has 0 radical (unpaired) electrons. The van der Waals surface area contributed by atoms with Crippen LogP contribution in [0.15, 0.2) is 41.3 Å². The van der Waals surface area contributed by atoms with Gasteiger partial charge >= 0.3 is 0 Å². The molecule has 0 unspecified atom stereocenters. The third-order valence-electron chi connectivity index (χ3n) is 5.92. The van der Waals surface area contributed by atoms with Crippen LogP contribution in [0.4, 0.5) is 5.13 Å². The van der Waals surface area contributed by atoms with E-state index in [2.05, 4.69) is 30.9 Å². The van der Waals surface area contributed by atoms with E-state index in [0.717, 1.165) is 67.1 Å². The molecule has 5 nitrogen and oxygen atoms in total. The number of nitrogens with zero attached hydrogens (tertiary/aromatic N) is 3. The van der Waals surface area contributed by atoms with E-state index in [1.807, 2.05) is 29.2 Å². The minimum Gasteiger partial charge on any atom is -0.379 e. The summed E-state index contributed by atoms with van der Waals surface area (Å²) < 4.78 is 6.63. The number of halogens is 1. The Hall–Kier alpha value is -1.64. The molecule has 1 saturated heterocycles. The Morgan fingerprint density at radius 2 is 1.94 bits per heavy atom. The summed E-state index contributed by atoms with van der Waals surface area (Å²) in [5.41, 5.74) is 3.41. The van der Waals surface area contributed by atoms with Crippen LogP contribution in [0.1, 0.15) is 30.4 Å². The summed E-state index contributed by atoms with van der Waals surface area (Å²) >= 11 is 9.37. The number of thioether (sulfide) groups is 1. The molecule has 8 heteroatoms. The Balaban J connectivity index is 1.40. The number of carbonyl (C=O) groups is 1. The SMILES string of the molecule is Cc1cc(C)c2sc(N(CCCN3CCOCC3)C(=O)CCCSc3ccc(Cl)cc3)nc2c1. The first kappa shape index (κ1) is 25.5. The van der Waals surface area contributed by atoms with Gasteiger partial charge in [0.1, 0.15) is 0 Å². The van der Waals surface area contributed by atoms with Crippen molar-refractivity contribution in [2.24, 2.45) is 0 Å². The first-order chi connectivity index (χ1) is 16.5. The fourth-order valence-corrected chi connectivity index (χ4v) is 6.20. The van der Waals surface area contributed by atoms with E-state index in [9.17, 15) is 4.79 Å². The van der Waals surface area contributed by atoms with Crippen LogP contribution in [-0.4, -0.2) is 60.9 Å². The summed E-state index contributed by atoms with van der Waals surface area (Å²) in [7, 11) is 0. The first-order valence-corrected chi connectivity index (χ1v) is 14.0. The second-order valence-corrected chi connectivity index (χ2v) is 11.3. The van der Waals surface area contributed by atoms with Gasteiger partial charge in [-0.1, -0.05) is 29.0 Å². The van der Waals surface area contributed by atoms with E-state index in [4.69, 9.17) is 21.3 Å². The Labute approximate surface area is 215 Å². The molecule has 2 heterocycles. The molecule has 1 aromatic heterocycles. The lowest BCUT2D eigenvalue weighted by atomic mass is 10.1. The molecule has 0 bridgehead atoms. The number of fused-ring (bicyclic) bond motifs is 1. The largest absolute Gasteiger partial charge is 0.379 e. The normalized spacial score (nSPS) is 14.6. The summed E-state index contributed by atoms with van der Waals surface area (Å²) in [6.07, 6.45) is 2.28. The van der Waals surface area contributed by atoms with Crippen LogP contribution >= 0.6 is 34.7 Å². The highest BCUT2D eigenvalue weighted by molar-refractivity contribution is 7.99. The highest BCUT2D eigenvalue weighted by atomic mass is 35.5. The summed E-state index contributed by atoms with van der Waals surface area (Å²) in [5.74, 6) is 1.06. The predicted octanol–water partition coefficient (Wildman–Crippen LogP) is 6.19. The predicted molar refractivity (Wildman–Crippen MR) is 145 cm³/mol. The van der Waals surface area contributed by atoms with Gasteiger partial charge in [0, 0.05) is 42.5 Å². The molecule has 182 valence electrons. The lowest BCUT2D eigenvalue weighted by Crippen LogP contribution is -2.39. The molecule has 0 N–H and O–H groups in total. The quantitative estimate of drug-likeness (QED) is 0.237. The van der Waals surface area contributed by atoms with Crippen molar-refractivity contribution < 1.29 is 9.53 Å². The number of aryl methyl sites for hydroxylation is 2. The third-order valence-corrected chi connectivity index (χ3v) is 8.50. The van der Waals surface area contributed by atoms with Gasteiger partial charge in [0.05, 0.1) is 23.4 Å². The van der Waals surface area contributed by atoms with E-state index in [1.165, 1.54) is 20.7 Å². The Bertz CT molecular complexity index is 1100. The monoisotopic (exact) mass is 517 g/mol. The number of ether oxygens (including phenoxy) is 1. The average Bonchev–Trinajstić information content (AvgIpc) is 3.25. The molecule has 0 aliphatic carbocycles. The van der Waals surface area contributed by atoms with Gasteiger partial charge in [-0.25, -0.2) is 4.98 Å². The second kappa shape index (κ2) is 12.4. The molecule has 0 saturated carbocycles. The molecule has 34 heavy (non-hydrogen) atoms. The molecular formula is C26H32ClN3O2S2. The number of amides is 1. The third kappa shape index (κ3) is 6.95. The van der Waals surface area contributed by atoms with E-state index in [-0.39, 0.29) is 5.91 Å². The minimum absolute atomic E-state index is 0.159. The summed E-state index contributed by atoms with van der Waals surface area (Å²) in [6, 6.07) is 12.2. The minimum atomic E-state index is 0.159. The van der Waals surface area contributed by atoms with Crippen LogP contribution in [0.25, 0.3) is 10.2 Å². The number of hydrogen-bond acceptors (Lipinski definition) is 6. The van der Waals surface area contributed by atoms with Crippen molar-refractivity contribution in [3.05, 3.63) is 52.5 Å². The summed E-state index contributed by atoms with van der Waals surface area (Å²) in [4.78, 5) is 23.7. The number of rotatable bonds is 10. The highest BCUT2D eigenvalue weighted by Gasteiger charge is 2.21. The van der Waals surface area contributed by atoms with E-state index < -0.39 is 0 Å². The average molecular weight is 518 g/mol. The maximum absolute atomic E-state index is 13.3. The van der Waals surface area contributed by atoms with Crippen LogP contribution in [0.3, 0.4) is 0 Å². The van der Waals surface area contributed by atoms with Gasteiger partial charge < -0.3 is 4.74 Å². The first-order valence-electron chi connectivity index (χ1n) is 11.9. The fourth-order valence-electron chi connectivity index (χ4n) is 4.16. The lowest BCUT2D eigenvalue weighted by Gasteiger charge is -2.27. The van der Waals surface area contributed by atoms with Gasteiger partial charge in [0.2, 0.25) is 5.91 Å². The second-order valence-electron chi connectivity index (χ2n) is 8.69. The molecule has 2 aromatic carbocycles. The molecule has 0 atom stereocenters. The van der Waals surface area contributed by atoms with Crippen molar-refractivity contribution in [1.29, 1.82) is 0 Å². The van der Waals surface area contributed by atoms with Crippen molar-refractivity contribution in [2.45, 2.75) is 38.0 Å². The topological polar surface area (TPSA) is 45.7 Å². The lowest BCUT2D eigenvalue weighted by molar-refractivity contribution is -0.118. The van der Waals surface area contributed by atoms with Gasteiger partial charge in [-0.05, 0) is 73.9 Å². The summed E-state index contributed by atoms with van der Waals surface area (Å²) in [6.45, 7) is 9.41. The zero-order valence-corrected chi connectivity index (χ0v) is 22.3. The van der Waals surface area contributed by atoms with Crippen LogP contribution in [0.2, 0.25) is 5.02 Å². The maximum Gasteiger partial charge on any atom is 0.228 e. The molecule has 1 aliphatic rings. The number of carbonyl (C=O) groups excluding carboxylic acids is 1. The van der Waals surface area contributed by atoms with Crippen molar-refractivity contribution >= 4 is 56.0 Å². The molecule has 1 aliphatic heterocycles. The van der Waals surface area contributed by atoms with E-state index in [0.29, 0.717) is 13.0 Å². The maximum atomic E-state index is 13.3. The van der Waals surface area contributed by atoms with Gasteiger partial charge in [-0.15, -0.1) is 11.8 Å². The Morgan fingerprint density at radius 3 is 2.71 bits per heavy atom. The Morgan fingerprint density at radius 1 is 1.18 bits per heavy atom. The van der Waals surface area contributed by atoms with Crippen LogP contribution in [0.5, 0.6) is 0 Å².